The second-order valence-corrected chi connectivity index (χ2v) is 27.5. The Labute approximate surface area is 647 Å². The first-order valence-electron chi connectivity index (χ1n) is 31.2. The molecule has 0 N–H and O–H groups in total. The van der Waals surface area contributed by atoms with Crippen LogP contribution >= 0.6 is 86.9 Å². The van der Waals surface area contributed by atoms with Crippen LogP contribution in [0.15, 0.2) is 200 Å². The third-order valence-electron chi connectivity index (χ3n) is 15.0. The largest absolute Gasteiger partial charge is 0.419 e. The van der Waals surface area contributed by atoms with Gasteiger partial charge in [0.25, 0.3) is 0 Å². The van der Waals surface area contributed by atoms with Crippen LogP contribution in [0, 0.1) is 128 Å². The molecular formula is C81H78Br4Cl2F18. The highest BCUT2D eigenvalue weighted by Crippen LogP contribution is 2.40. The summed E-state index contributed by atoms with van der Waals surface area (Å²) in [6, 6.07) is 49.1. The standard InChI is InChI=1S/C9H9F3.2C8H6BrF3.2C8H9Br.C8H6ClF3.C8H9Cl.C8H6F4.2C8H9F/c1-6-4-3-5-7(2)8(6)9(10,11)12;1-5-3-2-4-6(9)7(5)8(10,11)12;1-5-3-2-4-6(7(5)9)8(10,11)12;1-6-4-3-5-8(9)7(6)2;1-6-4-3-5-7(2)8(6)9;1-5-3-2-4-6(7(5)9)8(10,11)12;1-6-4-3-5-7(2)8(6)9;1-5-3-2-4-6(7(5)9)8(10,11)12;1-6-4-3-5-8(9)7(6)2;1-6-4-3-5-7(2)8(6)9/h3-5H,1-2H3;2*2-4H,1H3;2*3-5H,1-2H3;2-4H,1H3;3-5H,1-2H3;2-4H,1H3;2*3-5H,1-2H3. The van der Waals surface area contributed by atoms with Gasteiger partial charge in [-0.05, 0) is 252 Å². The van der Waals surface area contributed by atoms with Crippen LogP contribution in [0.5, 0.6) is 0 Å². The van der Waals surface area contributed by atoms with Crippen molar-refractivity contribution in [3.8, 4) is 0 Å². The zero-order chi connectivity index (χ0) is 81.0. The van der Waals surface area contributed by atoms with Crippen molar-refractivity contribution in [2.75, 3.05) is 0 Å². The van der Waals surface area contributed by atoms with Gasteiger partial charge in [-0.3, -0.25) is 0 Å². The molecule has 105 heavy (non-hydrogen) atoms. The number of hydrogen-bond donors (Lipinski definition) is 0. The topological polar surface area (TPSA) is 0 Å². The molecule has 0 nitrogen and oxygen atoms in total. The van der Waals surface area contributed by atoms with E-state index in [4.69, 9.17) is 23.2 Å². The van der Waals surface area contributed by atoms with Gasteiger partial charge in [0, 0.05) is 22.9 Å². The zero-order valence-corrected chi connectivity index (χ0v) is 67.7. The number of hydrogen-bond acceptors (Lipinski definition) is 0. The van der Waals surface area contributed by atoms with E-state index in [1.807, 2.05) is 57.2 Å². The van der Waals surface area contributed by atoms with Crippen molar-refractivity contribution in [1.82, 2.24) is 0 Å². The number of benzene rings is 10. The Balaban J connectivity index is 0.000000585. The summed E-state index contributed by atoms with van der Waals surface area (Å²) in [4.78, 5) is 0. The summed E-state index contributed by atoms with van der Waals surface area (Å²) in [6.45, 7) is 28.5. The van der Waals surface area contributed by atoms with Gasteiger partial charge in [0.2, 0.25) is 0 Å². The summed E-state index contributed by atoms with van der Waals surface area (Å²) in [5.41, 5.74) is 8.88. The molecule has 0 heterocycles. The van der Waals surface area contributed by atoms with Gasteiger partial charge >= 0.3 is 30.9 Å². The van der Waals surface area contributed by atoms with E-state index >= 15 is 0 Å². The summed E-state index contributed by atoms with van der Waals surface area (Å²) in [5, 5.41) is 0.669. The number of halogens is 24. The molecule has 0 saturated carbocycles. The highest BCUT2D eigenvalue weighted by Gasteiger charge is 2.37. The lowest BCUT2D eigenvalue weighted by Crippen LogP contribution is -2.09. The Kier molecular flexibility index (Phi) is 40.5. The minimum Gasteiger partial charge on any atom is -0.207 e. The molecule has 570 valence electrons. The maximum absolute atomic E-state index is 12.8. The molecule has 0 radical (unpaired) electrons. The van der Waals surface area contributed by atoms with E-state index < -0.39 is 64.5 Å². The van der Waals surface area contributed by atoms with E-state index in [9.17, 15) is 79.0 Å². The van der Waals surface area contributed by atoms with Crippen LogP contribution in [-0.2, 0) is 30.9 Å². The van der Waals surface area contributed by atoms with Crippen LogP contribution in [-0.4, -0.2) is 0 Å². The highest BCUT2D eigenvalue weighted by atomic mass is 79.9. The molecule has 0 bridgehead atoms. The zero-order valence-electron chi connectivity index (χ0n) is 59.9. The predicted octanol–water partition coefficient (Wildman–Crippen LogP) is 31.7. The maximum atomic E-state index is 12.8. The van der Waals surface area contributed by atoms with Crippen LogP contribution in [0.25, 0.3) is 0 Å². The molecular weight excluding hydrogens is 1710 g/mol. The molecule has 0 unspecified atom stereocenters. The molecule has 0 aliphatic heterocycles. The second-order valence-electron chi connectivity index (χ2n) is 23.5. The molecule has 10 rings (SSSR count). The summed E-state index contributed by atoms with van der Waals surface area (Å²) >= 11 is 24.0. The van der Waals surface area contributed by atoms with Gasteiger partial charge in [-0.1, -0.05) is 217 Å². The van der Waals surface area contributed by atoms with Crippen molar-refractivity contribution in [3.05, 3.63) is 344 Å². The molecule has 10 aromatic rings. The smallest absolute Gasteiger partial charge is 0.207 e. The average molecular weight is 1780 g/mol. The quantitative estimate of drug-likeness (QED) is 0.133. The van der Waals surface area contributed by atoms with Gasteiger partial charge in [0.15, 0.2) is 0 Å². The minimum atomic E-state index is -4.60. The Hall–Kier alpha value is -6.56. The molecule has 0 aliphatic carbocycles. The SMILES string of the molecule is Cc1cccc(Br)c1C.Cc1cccc(Br)c1C(F)(F)F.Cc1cccc(C(F)(F)F)c1Br.Cc1cccc(C(F)(F)F)c1Cl.Cc1cccc(C(F)(F)F)c1F.Cc1cccc(C)c1Br.Cc1cccc(C)c1C(F)(F)F.Cc1cccc(C)c1Cl.Cc1cccc(C)c1F.Cc1cccc(F)c1C. The van der Waals surface area contributed by atoms with Crippen LogP contribution in [0.2, 0.25) is 10.0 Å². The lowest BCUT2D eigenvalue weighted by Gasteiger charge is -2.12. The first kappa shape index (κ1) is 96.5. The Morgan fingerprint density at radius 3 is 0.762 bits per heavy atom. The molecule has 0 aromatic heterocycles. The summed E-state index contributed by atoms with van der Waals surface area (Å²) in [6.07, 6.45) is -21.7. The van der Waals surface area contributed by atoms with Crippen molar-refractivity contribution in [3.63, 3.8) is 0 Å². The average Bonchev–Trinajstić information content (AvgIpc) is 0.806. The molecule has 0 atom stereocenters. The van der Waals surface area contributed by atoms with E-state index in [0.29, 0.717) is 11.1 Å². The van der Waals surface area contributed by atoms with Crippen LogP contribution in [0.1, 0.15) is 117 Å². The Morgan fingerprint density at radius 1 is 0.229 bits per heavy atom. The van der Waals surface area contributed by atoms with Crippen LogP contribution in [0.4, 0.5) is 79.0 Å². The van der Waals surface area contributed by atoms with E-state index in [-0.39, 0.29) is 47.9 Å². The van der Waals surface area contributed by atoms with Gasteiger partial charge in [-0.25, -0.2) is 13.2 Å². The Morgan fingerprint density at radius 2 is 0.495 bits per heavy atom. The molecule has 0 fully saturated rings. The Bertz CT molecular complexity index is 3750. The summed E-state index contributed by atoms with van der Waals surface area (Å²) in [5.74, 6) is -1.39. The minimum absolute atomic E-state index is 0.00447. The first-order valence-corrected chi connectivity index (χ1v) is 35.2. The van der Waals surface area contributed by atoms with Gasteiger partial charge in [-0.2, -0.15) is 65.9 Å². The fraction of sp³-hybridized carbons (Fsp3) is 0.259. The fourth-order valence-corrected chi connectivity index (χ4v) is 10.9. The molecule has 0 saturated heterocycles. The van der Waals surface area contributed by atoms with Crippen LogP contribution < -0.4 is 0 Å². The molecule has 0 spiro atoms. The molecule has 0 aliphatic rings. The van der Waals surface area contributed by atoms with Crippen molar-refractivity contribution >= 4 is 86.9 Å². The summed E-state index contributed by atoms with van der Waals surface area (Å²) < 4.78 is 223. The molecule has 0 amide bonds. The first-order chi connectivity index (χ1) is 48.2. The third kappa shape index (κ3) is 33.2. The van der Waals surface area contributed by atoms with Gasteiger partial charge < -0.3 is 0 Å². The summed E-state index contributed by atoms with van der Waals surface area (Å²) in [7, 11) is 0. The maximum Gasteiger partial charge on any atom is 0.419 e. The normalized spacial score (nSPS) is 10.9. The second kappa shape index (κ2) is 44.0. The van der Waals surface area contributed by atoms with Crippen molar-refractivity contribution < 1.29 is 79.0 Å². The predicted molar refractivity (Wildman–Crippen MR) is 406 cm³/mol. The van der Waals surface area contributed by atoms with Crippen LogP contribution in [0.3, 0.4) is 0 Å². The monoisotopic (exact) mass is 1780 g/mol. The highest BCUT2D eigenvalue weighted by molar-refractivity contribution is 9.11. The number of aryl methyl sites for hydroxylation is 14. The van der Waals surface area contributed by atoms with E-state index in [0.717, 1.165) is 56.6 Å². The van der Waals surface area contributed by atoms with Crippen molar-refractivity contribution in [2.24, 2.45) is 0 Å². The van der Waals surface area contributed by atoms with Gasteiger partial charge in [-0.15, -0.1) is 0 Å². The van der Waals surface area contributed by atoms with Gasteiger partial charge in [0.1, 0.15) is 17.5 Å². The van der Waals surface area contributed by atoms with E-state index in [1.54, 1.807) is 64.1 Å². The van der Waals surface area contributed by atoms with E-state index in [2.05, 4.69) is 122 Å². The van der Waals surface area contributed by atoms with Gasteiger partial charge in [0.05, 0.1) is 32.8 Å². The number of rotatable bonds is 0. The van der Waals surface area contributed by atoms with E-state index in [1.165, 1.54) is 126 Å². The third-order valence-corrected chi connectivity index (χ3v) is 19.9. The fourth-order valence-electron chi connectivity index (χ4n) is 8.66. The van der Waals surface area contributed by atoms with Crippen molar-refractivity contribution in [1.29, 1.82) is 0 Å². The number of alkyl halides is 15. The van der Waals surface area contributed by atoms with Crippen molar-refractivity contribution in [2.45, 2.75) is 142 Å². The molecule has 10 aromatic carbocycles. The lowest BCUT2D eigenvalue weighted by molar-refractivity contribution is -0.140. The molecule has 24 heteroatoms. The lowest BCUT2D eigenvalue weighted by atomic mass is 10.0.